The second kappa shape index (κ2) is 6.31. The van der Waals surface area contributed by atoms with Crippen LogP contribution in [0, 0.1) is 17.2 Å². The molecule has 0 heterocycles. The third-order valence-corrected chi connectivity index (χ3v) is 3.39. The number of nitrogens with one attached hydrogen (secondary N) is 1. The number of hydrogen-bond donors (Lipinski definition) is 1. The smallest absolute Gasteiger partial charge is 0.105 e. The average Bonchev–Trinajstić information content (AvgIpc) is 2.93. The Bertz CT molecular complexity index is 194. The van der Waals surface area contributed by atoms with Crippen LogP contribution in [0.25, 0.3) is 0 Å². The molecule has 1 rings (SSSR count). The first-order chi connectivity index (χ1) is 6.72. The molecular formula is C11H20N2S. The molecule has 0 amide bonds. The highest BCUT2D eigenvalue weighted by atomic mass is 32.2. The maximum atomic E-state index is 8.89. The number of rotatable bonds is 7. The fourth-order valence-electron chi connectivity index (χ4n) is 1.18. The van der Waals surface area contributed by atoms with E-state index in [1.165, 1.54) is 25.0 Å². The highest BCUT2D eigenvalue weighted by Crippen LogP contribution is 2.20. The van der Waals surface area contributed by atoms with Crippen molar-refractivity contribution < 1.29 is 0 Å². The van der Waals surface area contributed by atoms with Crippen LogP contribution in [0.5, 0.6) is 0 Å². The maximum absolute atomic E-state index is 8.89. The number of hydrogen-bond acceptors (Lipinski definition) is 3. The van der Waals surface area contributed by atoms with Crippen LogP contribution in [0.1, 0.15) is 33.1 Å². The molecule has 0 saturated heterocycles. The molecule has 0 aromatic rings. The first-order valence-electron chi connectivity index (χ1n) is 5.45. The van der Waals surface area contributed by atoms with E-state index in [1.54, 1.807) is 0 Å². The Morgan fingerprint density at radius 1 is 1.50 bits per heavy atom. The van der Waals surface area contributed by atoms with E-state index < -0.39 is 0 Å². The minimum atomic E-state index is 0.0691. The minimum absolute atomic E-state index is 0.0691. The van der Waals surface area contributed by atoms with Crippen molar-refractivity contribution in [2.45, 2.75) is 45.2 Å². The molecule has 2 nitrogen and oxygen atoms in total. The molecule has 1 unspecified atom stereocenters. The van der Waals surface area contributed by atoms with Crippen molar-refractivity contribution in [2.24, 2.45) is 5.92 Å². The number of thioether (sulfide) groups is 1. The van der Waals surface area contributed by atoms with E-state index in [0.717, 1.165) is 11.7 Å². The summed E-state index contributed by atoms with van der Waals surface area (Å²) in [4.78, 5) is 0. The van der Waals surface area contributed by atoms with Gasteiger partial charge in [0, 0.05) is 11.8 Å². The summed E-state index contributed by atoms with van der Waals surface area (Å²) in [6, 6.07) is 3.04. The zero-order valence-electron chi connectivity index (χ0n) is 9.12. The molecule has 1 fully saturated rings. The molecule has 1 aliphatic carbocycles. The minimum Gasteiger partial charge on any atom is -0.298 e. The number of nitriles is 1. The van der Waals surface area contributed by atoms with Crippen LogP contribution in [0.4, 0.5) is 0 Å². The largest absolute Gasteiger partial charge is 0.298 e. The van der Waals surface area contributed by atoms with Gasteiger partial charge in [0.2, 0.25) is 0 Å². The van der Waals surface area contributed by atoms with E-state index in [1.807, 2.05) is 11.8 Å². The molecule has 80 valence electrons. The lowest BCUT2D eigenvalue weighted by atomic mass is 10.2. The SMILES string of the molecule is CC(C)CCSCC(C#N)NC1CC1. The van der Waals surface area contributed by atoms with Gasteiger partial charge in [-0.3, -0.25) is 5.32 Å². The monoisotopic (exact) mass is 212 g/mol. The molecule has 1 atom stereocenters. The lowest BCUT2D eigenvalue weighted by Gasteiger charge is -2.10. The molecule has 0 aliphatic heterocycles. The van der Waals surface area contributed by atoms with Crippen molar-refractivity contribution in [3.05, 3.63) is 0 Å². The summed E-state index contributed by atoms with van der Waals surface area (Å²) in [5, 5.41) is 12.2. The zero-order valence-corrected chi connectivity index (χ0v) is 9.94. The topological polar surface area (TPSA) is 35.8 Å². The Morgan fingerprint density at radius 2 is 2.21 bits per heavy atom. The molecule has 1 aliphatic rings. The lowest BCUT2D eigenvalue weighted by molar-refractivity contribution is 0.627. The van der Waals surface area contributed by atoms with Gasteiger partial charge in [-0.2, -0.15) is 17.0 Å². The predicted molar refractivity (Wildman–Crippen MR) is 62.3 cm³/mol. The Kier molecular flexibility index (Phi) is 5.36. The van der Waals surface area contributed by atoms with Crippen molar-refractivity contribution in [3.63, 3.8) is 0 Å². The second-order valence-corrected chi connectivity index (χ2v) is 5.53. The Labute approximate surface area is 91.4 Å². The Morgan fingerprint density at radius 3 is 2.71 bits per heavy atom. The molecule has 0 aromatic carbocycles. The molecule has 0 spiro atoms. The third kappa shape index (κ3) is 5.51. The van der Waals surface area contributed by atoms with Crippen LogP contribution >= 0.6 is 11.8 Å². The summed E-state index contributed by atoms with van der Waals surface area (Å²) >= 11 is 1.90. The average molecular weight is 212 g/mol. The molecule has 0 bridgehead atoms. The standard InChI is InChI=1S/C11H20N2S/c1-9(2)5-6-14-8-11(7-12)13-10-3-4-10/h9-11,13H,3-6,8H2,1-2H3. The van der Waals surface area contributed by atoms with Gasteiger partial charge in [0.05, 0.1) is 6.07 Å². The van der Waals surface area contributed by atoms with Crippen molar-refractivity contribution in [2.75, 3.05) is 11.5 Å². The molecule has 3 heteroatoms. The Hall–Kier alpha value is -0.200. The van der Waals surface area contributed by atoms with Crippen LogP contribution in [-0.2, 0) is 0 Å². The molecular weight excluding hydrogens is 192 g/mol. The van der Waals surface area contributed by atoms with Gasteiger partial charge >= 0.3 is 0 Å². The van der Waals surface area contributed by atoms with Gasteiger partial charge in [0.15, 0.2) is 0 Å². The molecule has 1 saturated carbocycles. The van der Waals surface area contributed by atoms with Gasteiger partial charge < -0.3 is 0 Å². The second-order valence-electron chi connectivity index (χ2n) is 4.38. The van der Waals surface area contributed by atoms with Crippen LogP contribution in [-0.4, -0.2) is 23.6 Å². The van der Waals surface area contributed by atoms with E-state index in [4.69, 9.17) is 5.26 Å². The van der Waals surface area contributed by atoms with E-state index in [9.17, 15) is 0 Å². The summed E-state index contributed by atoms with van der Waals surface area (Å²) < 4.78 is 0. The van der Waals surface area contributed by atoms with E-state index in [2.05, 4.69) is 25.2 Å². The van der Waals surface area contributed by atoms with Crippen LogP contribution < -0.4 is 5.32 Å². The first kappa shape index (κ1) is 11.9. The summed E-state index contributed by atoms with van der Waals surface area (Å²) in [6.45, 7) is 4.48. The van der Waals surface area contributed by atoms with Gasteiger partial charge in [-0.25, -0.2) is 0 Å². The summed E-state index contributed by atoms with van der Waals surface area (Å²) in [5.74, 6) is 2.90. The van der Waals surface area contributed by atoms with Crippen LogP contribution in [0.2, 0.25) is 0 Å². The number of nitrogens with zero attached hydrogens (tertiary/aromatic N) is 1. The van der Waals surface area contributed by atoms with Gasteiger partial charge in [-0.1, -0.05) is 13.8 Å². The normalized spacial score (nSPS) is 18.1. The van der Waals surface area contributed by atoms with Gasteiger partial charge in [0.25, 0.3) is 0 Å². The van der Waals surface area contributed by atoms with E-state index in [0.29, 0.717) is 6.04 Å². The summed E-state index contributed by atoms with van der Waals surface area (Å²) in [6.07, 6.45) is 3.77. The first-order valence-corrected chi connectivity index (χ1v) is 6.61. The summed E-state index contributed by atoms with van der Waals surface area (Å²) in [5.41, 5.74) is 0. The van der Waals surface area contributed by atoms with Crippen LogP contribution in [0.15, 0.2) is 0 Å². The fraction of sp³-hybridized carbons (Fsp3) is 0.909. The van der Waals surface area contributed by atoms with Gasteiger partial charge in [0.1, 0.15) is 6.04 Å². The lowest BCUT2D eigenvalue weighted by Crippen LogP contribution is -2.31. The van der Waals surface area contributed by atoms with E-state index >= 15 is 0 Å². The summed E-state index contributed by atoms with van der Waals surface area (Å²) in [7, 11) is 0. The highest BCUT2D eigenvalue weighted by molar-refractivity contribution is 7.99. The fourth-order valence-corrected chi connectivity index (χ4v) is 2.39. The van der Waals surface area contributed by atoms with Gasteiger partial charge in [-0.05, 0) is 30.9 Å². The molecule has 0 aromatic heterocycles. The van der Waals surface area contributed by atoms with Crippen molar-refractivity contribution in [3.8, 4) is 6.07 Å². The van der Waals surface area contributed by atoms with Crippen LogP contribution in [0.3, 0.4) is 0 Å². The quantitative estimate of drug-likeness (QED) is 0.658. The van der Waals surface area contributed by atoms with Gasteiger partial charge in [-0.15, -0.1) is 0 Å². The van der Waals surface area contributed by atoms with E-state index in [-0.39, 0.29) is 6.04 Å². The van der Waals surface area contributed by atoms with Crippen molar-refractivity contribution in [1.82, 2.24) is 5.32 Å². The Balaban J connectivity index is 1.99. The molecule has 0 radical (unpaired) electrons. The molecule has 14 heavy (non-hydrogen) atoms. The molecule has 1 N–H and O–H groups in total. The zero-order chi connectivity index (χ0) is 10.4. The highest BCUT2D eigenvalue weighted by Gasteiger charge is 2.24. The predicted octanol–water partition coefficient (Wildman–Crippen LogP) is 2.41. The maximum Gasteiger partial charge on any atom is 0.105 e. The third-order valence-electron chi connectivity index (χ3n) is 2.29. The van der Waals surface area contributed by atoms with Crippen molar-refractivity contribution >= 4 is 11.8 Å². The van der Waals surface area contributed by atoms with Crippen molar-refractivity contribution in [1.29, 1.82) is 5.26 Å².